The molecule has 0 radical (unpaired) electrons. The van der Waals surface area contributed by atoms with Gasteiger partial charge >= 0.3 is 5.97 Å². The molecule has 0 saturated carbocycles. The van der Waals surface area contributed by atoms with Gasteiger partial charge in [-0.15, -0.1) is 0 Å². The van der Waals surface area contributed by atoms with Crippen molar-refractivity contribution in [1.82, 2.24) is 14.3 Å². The first-order valence-corrected chi connectivity index (χ1v) is 9.95. The van der Waals surface area contributed by atoms with Crippen LogP contribution in [0.15, 0.2) is 41.6 Å². The molecule has 2 aromatic rings. The number of rotatable bonds is 6. The molecule has 1 aliphatic rings. The fraction of sp³-hybridized carbons (Fsp3) is 0.294. The summed E-state index contributed by atoms with van der Waals surface area (Å²) in [5, 5.41) is 2.50. The van der Waals surface area contributed by atoms with Crippen molar-refractivity contribution in [3.05, 3.63) is 42.4 Å². The van der Waals surface area contributed by atoms with E-state index < -0.39 is 28.5 Å². The number of amides is 1. The average Bonchev–Trinajstić information content (AvgIpc) is 3.22. The van der Waals surface area contributed by atoms with E-state index in [9.17, 15) is 18.0 Å². The monoisotopic (exact) mass is 405 g/mol. The second kappa shape index (κ2) is 8.31. The van der Waals surface area contributed by atoms with Crippen molar-refractivity contribution >= 4 is 33.4 Å². The minimum atomic E-state index is -3.60. The highest BCUT2D eigenvalue weighted by Crippen LogP contribution is 2.23. The third kappa shape index (κ3) is 4.43. The number of nitrogen functional groups attached to an aromatic ring is 1. The molecule has 0 aliphatic carbocycles. The van der Waals surface area contributed by atoms with Crippen LogP contribution in [0.1, 0.15) is 23.3 Å². The van der Waals surface area contributed by atoms with E-state index in [-0.39, 0.29) is 22.1 Å². The molecule has 0 atom stereocenters. The number of sulfonamides is 1. The number of benzene rings is 1. The van der Waals surface area contributed by atoms with Crippen molar-refractivity contribution in [3.63, 3.8) is 0 Å². The minimum absolute atomic E-state index is 0.0940. The summed E-state index contributed by atoms with van der Waals surface area (Å²) < 4.78 is 31.5. The molecule has 28 heavy (non-hydrogen) atoms. The number of ether oxygens (including phenoxy) is 1. The molecule has 1 saturated heterocycles. The topological polar surface area (TPSA) is 145 Å². The second-order valence-electron chi connectivity index (χ2n) is 6.05. The Kier molecular flexibility index (Phi) is 5.85. The van der Waals surface area contributed by atoms with Crippen LogP contribution in [-0.2, 0) is 19.6 Å². The molecule has 148 valence electrons. The molecule has 10 nitrogen and oxygen atoms in total. The molecule has 1 amide bonds. The molecule has 1 aliphatic heterocycles. The minimum Gasteiger partial charge on any atom is -0.451 e. The standard InChI is InChI=1S/C17H19N5O5S/c18-16-15(19-6-7-20-16)17(24)27-11-14(23)21-12-4-3-5-13(10-12)28(25,26)22-8-1-2-9-22/h3-7,10H,1-2,8-9,11H2,(H2,18,20)(H,21,23). The summed E-state index contributed by atoms with van der Waals surface area (Å²) in [5.41, 5.74) is 5.62. The summed E-state index contributed by atoms with van der Waals surface area (Å²) in [6, 6.07) is 5.92. The van der Waals surface area contributed by atoms with E-state index in [1.54, 1.807) is 6.07 Å². The lowest BCUT2D eigenvalue weighted by Crippen LogP contribution is -2.28. The molecular formula is C17H19N5O5S. The summed E-state index contributed by atoms with van der Waals surface area (Å²) in [6.45, 7) is 0.388. The van der Waals surface area contributed by atoms with Gasteiger partial charge < -0.3 is 15.8 Å². The number of hydrogen-bond donors (Lipinski definition) is 2. The summed E-state index contributed by atoms with van der Waals surface area (Å²) in [7, 11) is -3.60. The van der Waals surface area contributed by atoms with Crippen LogP contribution in [0.3, 0.4) is 0 Å². The van der Waals surface area contributed by atoms with Gasteiger partial charge in [0.05, 0.1) is 4.90 Å². The number of carbonyl (C=O) groups is 2. The predicted octanol–water partition coefficient (Wildman–Crippen LogP) is 0.639. The highest BCUT2D eigenvalue weighted by atomic mass is 32.2. The molecule has 0 unspecified atom stereocenters. The normalized spacial score (nSPS) is 14.6. The molecule has 1 aromatic heterocycles. The maximum atomic E-state index is 12.6. The van der Waals surface area contributed by atoms with Crippen molar-refractivity contribution in [1.29, 1.82) is 0 Å². The van der Waals surface area contributed by atoms with E-state index in [1.165, 1.54) is 34.9 Å². The number of nitrogens with zero attached hydrogens (tertiary/aromatic N) is 3. The Morgan fingerprint density at radius 2 is 1.89 bits per heavy atom. The van der Waals surface area contributed by atoms with Gasteiger partial charge in [-0.05, 0) is 31.0 Å². The van der Waals surface area contributed by atoms with Gasteiger partial charge in [0.1, 0.15) is 0 Å². The quantitative estimate of drug-likeness (QED) is 0.666. The maximum Gasteiger partial charge on any atom is 0.361 e. The van der Waals surface area contributed by atoms with Gasteiger partial charge in [-0.25, -0.2) is 23.2 Å². The number of nitrogens with one attached hydrogen (secondary N) is 1. The van der Waals surface area contributed by atoms with Gasteiger partial charge in [-0.1, -0.05) is 6.07 Å². The van der Waals surface area contributed by atoms with Crippen molar-refractivity contribution in [3.8, 4) is 0 Å². The van der Waals surface area contributed by atoms with Crippen molar-refractivity contribution in [2.75, 3.05) is 30.7 Å². The lowest BCUT2D eigenvalue weighted by Gasteiger charge is -2.16. The molecule has 0 bridgehead atoms. The molecular weight excluding hydrogens is 386 g/mol. The van der Waals surface area contributed by atoms with E-state index in [0.29, 0.717) is 13.1 Å². The van der Waals surface area contributed by atoms with Crippen LogP contribution in [0.2, 0.25) is 0 Å². The summed E-state index contributed by atoms with van der Waals surface area (Å²) in [5.74, 6) is -1.62. The molecule has 11 heteroatoms. The lowest BCUT2D eigenvalue weighted by molar-refractivity contribution is -0.119. The Labute approximate surface area is 161 Å². The largest absolute Gasteiger partial charge is 0.451 e. The van der Waals surface area contributed by atoms with Gasteiger partial charge in [-0.2, -0.15) is 4.31 Å². The van der Waals surface area contributed by atoms with E-state index in [4.69, 9.17) is 10.5 Å². The molecule has 1 fully saturated rings. The molecule has 0 spiro atoms. The number of nitrogens with two attached hydrogens (primary N) is 1. The first kappa shape index (κ1) is 19.7. The van der Waals surface area contributed by atoms with Gasteiger partial charge in [0.25, 0.3) is 5.91 Å². The highest BCUT2D eigenvalue weighted by Gasteiger charge is 2.27. The van der Waals surface area contributed by atoms with E-state index in [0.717, 1.165) is 12.8 Å². The zero-order valence-electron chi connectivity index (χ0n) is 14.9. The zero-order valence-corrected chi connectivity index (χ0v) is 15.7. The Morgan fingerprint density at radius 1 is 1.18 bits per heavy atom. The van der Waals surface area contributed by atoms with Gasteiger partial charge in [0.15, 0.2) is 18.1 Å². The Bertz CT molecular complexity index is 989. The highest BCUT2D eigenvalue weighted by molar-refractivity contribution is 7.89. The van der Waals surface area contributed by atoms with Gasteiger partial charge in [0, 0.05) is 31.2 Å². The van der Waals surface area contributed by atoms with Gasteiger partial charge in [-0.3, -0.25) is 4.79 Å². The molecule has 2 heterocycles. The van der Waals surface area contributed by atoms with Crippen LogP contribution >= 0.6 is 0 Å². The first-order valence-electron chi connectivity index (χ1n) is 8.51. The number of anilines is 2. The number of carbonyl (C=O) groups excluding carboxylic acids is 2. The van der Waals surface area contributed by atoms with E-state index >= 15 is 0 Å². The number of aromatic nitrogens is 2. The van der Waals surface area contributed by atoms with Crippen LogP contribution in [0.5, 0.6) is 0 Å². The summed E-state index contributed by atoms with van der Waals surface area (Å²) in [4.78, 5) is 31.5. The third-order valence-electron chi connectivity index (χ3n) is 4.07. The smallest absolute Gasteiger partial charge is 0.361 e. The second-order valence-corrected chi connectivity index (χ2v) is 7.99. The van der Waals surface area contributed by atoms with Crippen LogP contribution in [0.25, 0.3) is 0 Å². The Morgan fingerprint density at radius 3 is 2.61 bits per heavy atom. The summed E-state index contributed by atoms with van der Waals surface area (Å²) in [6.07, 6.45) is 4.26. The van der Waals surface area contributed by atoms with Crippen molar-refractivity contribution < 1.29 is 22.7 Å². The number of esters is 1. The Balaban J connectivity index is 1.62. The molecule has 1 aromatic carbocycles. The average molecular weight is 405 g/mol. The van der Waals surface area contributed by atoms with Crippen LogP contribution < -0.4 is 11.1 Å². The lowest BCUT2D eigenvalue weighted by atomic mass is 10.3. The van der Waals surface area contributed by atoms with Crippen molar-refractivity contribution in [2.45, 2.75) is 17.7 Å². The van der Waals surface area contributed by atoms with Crippen LogP contribution in [0.4, 0.5) is 11.5 Å². The molecule has 3 N–H and O–H groups in total. The zero-order chi connectivity index (χ0) is 20.1. The molecule has 3 rings (SSSR count). The first-order chi connectivity index (χ1) is 13.4. The fourth-order valence-electron chi connectivity index (χ4n) is 2.71. The van der Waals surface area contributed by atoms with Crippen molar-refractivity contribution in [2.24, 2.45) is 0 Å². The number of hydrogen-bond acceptors (Lipinski definition) is 8. The summed E-state index contributed by atoms with van der Waals surface area (Å²) >= 11 is 0. The van der Waals surface area contributed by atoms with E-state index in [1.807, 2.05) is 0 Å². The maximum absolute atomic E-state index is 12.6. The fourth-order valence-corrected chi connectivity index (χ4v) is 4.28. The van der Waals surface area contributed by atoms with Crippen LogP contribution in [0, 0.1) is 0 Å². The third-order valence-corrected chi connectivity index (χ3v) is 5.97. The van der Waals surface area contributed by atoms with Gasteiger partial charge in [0.2, 0.25) is 10.0 Å². The Hall–Kier alpha value is -3.05. The van der Waals surface area contributed by atoms with E-state index in [2.05, 4.69) is 15.3 Å². The predicted molar refractivity (Wildman–Crippen MR) is 99.8 cm³/mol. The van der Waals surface area contributed by atoms with Crippen LogP contribution in [-0.4, -0.2) is 54.3 Å². The SMILES string of the molecule is Nc1nccnc1C(=O)OCC(=O)Nc1cccc(S(=O)(=O)N2CCCC2)c1.